The van der Waals surface area contributed by atoms with Crippen molar-refractivity contribution < 1.29 is 23.1 Å². The molecule has 1 aromatic carbocycles. The Labute approximate surface area is 158 Å². The summed E-state index contributed by atoms with van der Waals surface area (Å²) in [6.07, 6.45) is 0. The lowest BCUT2D eigenvalue weighted by molar-refractivity contribution is 0.0525. The van der Waals surface area contributed by atoms with Crippen LogP contribution in [0, 0.1) is 13.8 Å². The number of H-pyrrole nitrogens is 1. The first-order valence-electron chi connectivity index (χ1n) is 7.67. The maximum Gasteiger partial charge on any atom is 0.340 e. The van der Waals surface area contributed by atoms with Crippen molar-refractivity contribution >= 4 is 40.9 Å². The third-order valence-electron chi connectivity index (χ3n) is 3.57. The van der Waals surface area contributed by atoms with Crippen LogP contribution in [-0.4, -0.2) is 29.2 Å². The number of alkyl halides is 2. The molecule has 0 unspecified atom stereocenters. The molecule has 5 nitrogen and oxygen atoms in total. The van der Waals surface area contributed by atoms with Gasteiger partial charge < -0.3 is 15.0 Å². The number of carbonyl (C=O) groups excluding carboxylic acids is 2. The Hall–Kier alpha value is -2.06. The number of hydrogen-bond donors (Lipinski definition) is 2. The Balaban J connectivity index is 2.34. The molecule has 9 heteroatoms. The normalized spacial score (nSPS) is 10.9. The molecule has 2 N–H and O–H groups in total. The van der Waals surface area contributed by atoms with Gasteiger partial charge in [0.05, 0.1) is 27.8 Å². The van der Waals surface area contributed by atoms with Crippen molar-refractivity contribution in [3.8, 4) is 0 Å². The number of aromatic amines is 1. The minimum absolute atomic E-state index is 0.0732. The van der Waals surface area contributed by atoms with Crippen LogP contribution in [0.5, 0.6) is 0 Å². The Morgan fingerprint density at radius 1 is 1.35 bits per heavy atom. The van der Waals surface area contributed by atoms with Gasteiger partial charge in [0.2, 0.25) is 0 Å². The van der Waals surface area contributed by atoms with Crippen LogP contribution >= 0.6 is 23.4 Å². The molecular weight excluding hydrogens is 386 g/mol. The van der Waals surface area contributed by atoms with Crippen LogP contribution in [0.2, 0.25) is 5.02 Å². The SMILES string of the molecule is CCOC(=O)c1c(C)[nH]c(C(=O)Nc2cccc(Cl)c2SC(F)F)c1C. The first-order chi connectivity index (χ1) is 12.3. The van der Waals surface area contributed by atoms with Crippen LogP contribution in [-0.2, 0) is 4.74 Å². The van der Waals surface area contributed by atoms with Crippen molar-refractivity contribution in [2.45, 2.75) is 31.4 Å². The number of ether oxygens (including phenoxy) is 1. The number of carbonyl (C=O) groups is 2. The van der Waals surface area contributed by atoms with Crippen molar-refractivity contribution in [3.63, 3.8) is 0 Å². The van der Waals surface area contributed by atoms with E-state index in [4.69, 9.17) is 16.3 Å². The van der Waals surface area contributed by atoms with Gasteiger partial charge in [-0.1, -0.05) is 29.4 Å². The van der Waals surface area contributed by atoms with Gasteiger partial charge in [-0.05, 0) is 38.5 Å². The molecule has 1 amide bonds. The Morgan fingerprint density at radius 2 is 2.04 bits per heavy atom. The minimum atomic E-state index is -2.68. The van der Waals surface area contributed by atoms with Gasteiger partial charge in [0.1, 0.15) is 5.69 Å². The molecule has 0 saturated heterocycles. The lowest BCUT2D eigenvalue weighted by Crippen LogP contribution is -2.15. The number of rotatable bonds is 6. The van der Waals surface area contributed by atoms with Gasteiger partial charge in [0, 0.05) is 5.69 Å². The van der Waals surface area contributed by atoms with Crippen LogP contribution in [0.3, 0.4) is 0 Å². The quantitative estimate of drug-likeness (QED) is 0.525. The average molecular weight is 403 g/mol. The van der Waals surface area contributed by atoms with Crippen molar-refractivity contribution in [2.75, 3.05) is 11.9 Å². The van der Waals surface area contributed by atoms with Crippen LogP contribution in [0.4, 0.5) is 14.5 Å². The van der Waals surface area contributed by atoms with Gasteiger partial charge in [-0.25, -0.2) is 4.79 Å². The highest BCUT2D eigenvalue weighted by atomic mass is 35.5. The number of esters is 1. The zero-order valence-electron chi connectivity index (χ0n) is 14.3. The standard InChI is InChI=1S/C17H17ClF2N2O3S/c1-4-25-16(24)12-8(2)13(21-9(12)3)15(23)22-11-7-5-6-10(18)14(11)26-17(19)20/h5-7,17,21H,4H2,1-3H3,(H,22,23). The summed E-state index contributed by atoms with van der Waals surface area (Å²) in [5, 5.41) is 2.68. The summed E-state index contributed by atoms with van der Waals surface area (Å²) in [6, 6.07) is 4.49. The van der Waals surface area contributed by atoms with E-state index in [-0.39, 0.29) is 45.2 Å². The third-order valence-corrected chi connectivity index (χ3v) is 4.85. The molecule has 26 heavy (non-hydrogen) atoms. The minimum Gasteiger partial charge on any atom is -0.462 e. The topological polar surface area (TPSA) is 71.2 Å². The van der Waals surface area contributed by atoms with Crippen LogP contribution in [0.1, 0.15) is 39.0 Å². The Morgan fingerprint density at radius 3 is 2.65 bits per heavy atom. The van der Waals surface area contributed by atoms with Crippen molar-refractivity contribution in [2.24, 2.45) is 0 Å². The van der Waals surface area contributed by atoms with E-state index in [1.807, 2.05) is 0 Å². The van der Waals surface area contributed by atoms with E-state index in [1.165, 1.54) is 12.1 Å². The number of nitrogens with one attached hydrogen (secondary N) is 2. The fraction of sp³-hybridized carbons (Fsp3) is 0.294. The van der Waals surface area contributed by atoms with Crippen LogP contribution in [0.25, 0.3) is 0 Å². The molecule has 0 aliphatic rings. The van der Waals surface area contributed by atoms with Gasteiger partial charge in [0.15, 0.2) is 0 Å². The molecular formula is C17H17ClF2N2O3S. The maximum atomic E-state index is 12.8. The lowest BCUT2D eigenvalue weighted by Gasteiger charge is -2.12. The van der Waals surface area contributed by atoms with Gasteiger partial charge in [0.25, 0.3) is 11.7 Å². The zero-order chi connectivity index (χ0) is 19.4. The Bertz CT molecular complexity index is 840. The second-order valence-electron chi connectivity index (χ2n) is 5.29. The van der Waals surface area contributed by atoms with Crippen molar-refractivity contribution in [1.29, 1.82) is 0 Å². The predicted octanol–water partition coefficient (Wildman–Crippen LogP) is 5.03. The highest BCUT2D eigenvalue weighted by Crippen LogP contribution is 2.37. The highest BCUT2D eigenvalue weighted by Gasteiger charge is 2.24. The number of anilines is 1. The van der Waals surface area contributed by atoms with Crippen molar-refractivity contribution in [1.82, 2.24) is 4.98 Å². The van der Waals surface area contributed by atoms with Gasteiger partial charge in [-0.2, -0.15) is 8.78 Å². The van der Waals surface area contributed by atoms with E-state index >= 15 is 0 Å². The molecule has 0 aliphatic carbocycles. The number of aromatic nitrogens is 1. The average Bonchev–Trinajstić information content (AvgIpc) is 2.85. The first kappa shape index (κ1) is 20.3. The van der Waals surface area contributed by atoms with Gasteiger partial charge >= 0.3 is 5.97 Å². The second-order valence-corrected chi connectivity index (χ2v) is 6.70. The molecule has 140 valence electrons. The van der Waals surface area contributed by atoms with Gasteiger partial charge in [-0.15, -0.1) is 0 Å². The van der Waals surface area contributed by atoms with Crippen molar-refractivity contribution in [3.05, 3.63) is 45.7 Å². The second kappa shape index (κ2) is 8.55. The molecule has 0 bridgehead atoms. The van der Waals surface area contributed by atoms with E-state index in [0.29, 0.717) is 11.3 Å². The lowest BCUT2D eigenvalue weighted by atomic mass is 10.1. The summed E-state index contributed by atoms with van der Waals surface area (Å²) >= 11 is 6.21. The molecule has 0 aliphatic heterocycles. The van der Waals surface area contributed by atoms with E-state index in [1.54, 1.807) is 26.8 Å². The van der Waals surface area contributed by atoms with E-state index < -0.39 is 17.6 Å². The predicted molar refractivity (Wildman–Crippen MR) is 97.5 cm³/mol. The summed E-state index contributed by atoms with van der Waals surface area (Å²) in [5.74, 6) is -3.79. The molecule has 0 saturated carbocycles. The largest absolute Gasteiger partial charge is 0.462 e. The number of halogens is 3. The highest BCUT2D eigenvalue weighted by molar-refractivity contribution is 7.99. The molecule has 2 rings (SSSR count). The van der Waals surface area contributed by atoms with Gasteiger partial charge in [-0.3, -0.25) is 4.79 Å². The smallest absolute Gasteiger partial charge is 0.340 e. The molecule has 1 aromatic heterocycles. The summed E-state index contributed by atoms with van der Waals surface area (Å²) in [7, 11) is 0. The zero-order valence-corrected chi connectivity index (χ0v) is 15.9. The van der Waals surface area contributed by atoms with E-state index in [0.717, 1.165) is 0 Å². The van der Waals surface area contributed by atoms with E-state index in [9.17, 15) is 18.4 Å². The number of benzene rings is 1. The number of thioether (sulfide) groups is 1. The summed E-state index contributed by atoms with van der Waals surface area (Å²) in [4.78, 5) is 27.5. The fourth-order valence-corrected chi connectivity index (χ4v) is 3.40. The number of aryl methyl sites for hydroxylation is 1. The Kier molecular flexibility index (Phi) is 6.66. The molecule has 0 radical (unpaired) electrons. The number of hydrogen-bond acceptors (Lipinski definition) is 4. The van der Waals surface area contributed by atoms with E-state index in [2.05, 4.69) is 10.3 Å². The van der Waals surface area contributed by atoms with Crippen LogP contribution in [0.15, 0.2) is 23.1 Å². The fourth-order valence-electron chi connectivity index (χ4n) is 2.49. The molecule has 0 fully saturated rings. The monoisotopic (exact) mass is 402 g/mol. The maximum absolute atomic E-state index is 12.8. The third kappa shape index (κ3) is 4.37. The van der Waals surface area contributed by atoms with Crippen LogP contribution < -0.4 is 5.32 Å². The molecule has 2 aromatic rings. The summed E-state index contributed by atoms with van der Waals surface area (Å²) < 4.78 is 30.5. The first-order valence-corrected chi connectivity index (χ1v) is 8.93. The molecule has 0 atom stereocenters. The summed E-state index contributed by atoms with van der Waals surface area (Å²) in [5.41, 5.74) is 1.50. The number of amides is 1. The molecule has 1 heterocycles. The molecule has 0 spiro atoms. The summed E-state index contributed by atoms with van der Waals surface area (Å²) in [6.45, 7) is 5.15.